The number of carbonyl (C=O) groups excluding carboxylic acids is 1. The number of hydrogen-bond donors (Lipinski definition) is 1. The van der Waals surface area contributed by atoms with Crippen LogP contribution in [0.5, 0.6) is 11.5 Å². The van der Waals surface area contributed by atoms with Crippen molar-refractivity contribution >= 4 is 22.6 Å². The van der Waals surface area contributed by atoms with Crippen LogP contribution in [0, 0.1) is 5.92 Å². The van der Waals surface area contributed by atoms with E-state index < -0.39 is 0 Å². The summed E-state index contributed by atoms with van der Waals surface area (Å²) in [6.45, 7) is 4.79. The number of rotatable bonds is 7. The summed E-state index contributed by atoms with van der Waals surface area (Å²) in [4.78, 5) is 25.1. The highest BCUT2D eigenvalue weighted by molar-refractivity contribution is 6.04. The molecule has 3 aromatic carbocycles. The van der Waals surface area contributed by atoms with Crippen molar-refractivity contribution in [3.8, 4) is 22.8 Å². The summed E-state index contributed by atoms with van der Waals surface area (Å²) < 4.78 is 16.7. The monoisotopic (exact) mass is 443 g/mol. The Morgan fingerprint density at radius 1 is 0.939 bits per heavy atom. The third-order valence-corrected chi connectivity index (χ3v) is 5.06. The van der Waals surface area contributed by atoms with E-state index in [1.165, 1.54) is 6.07 Å². The smallest absolute Gasteiger partial charge is 0.255 e. The normalized spacial score (nSPS) is 10.9. The summed E-state index contributed by atoms with van der Waals surface area (Å²) in [7, 11) is 1.55. The molecule has 0 aliphatic heterocycles. The number of hydrogen-bond acceptors (Lipinski definition) is 5. The lowest BCUT2D eigenvalue weighted by Crippen LogP contribution is -2.12. The van der Waals surface area contributed by atoms with Gasteiger partial charge in [-0.15, -0.1) is 0 Å². The third-order valence-electron chi connectivity index (χ3n) is 5.06. The van der Waals surface area contributed by atoms with E-state index >= 15 is 0 Å². The van der Waals surface area contributed by atoms with Crippen molar-refractivity contribution in [1.82, 2.24) is 0 Å². The second kappa shape index (κ2) is 9.61. The van der Waals surface area contributed by atoms with Crippen molar-refractivity contribution in [2.24, 2.45) is 5.92 Å². The Labute approximate surface area is 191 Å². The van der Waals surface area contributed by atoms with Gasteiger partial charge in [0.25, 0.3) is 5.91 Å². The Morgan fingerprint density at radius 2 is 1.64 bits per heavy atom. The van der Waals surface area contributed by atoms with Crippen molar-refractivity contribution in [2.75, 3.05) is 19.0 Å². The molecule has 33 heavy (non-hydrogen) atoms. The van der Waals surface area contributed by atoms with Crippen LogP contribution >= 0.6 is 0 Å². The predicted octanol–water partition coefficient (Wildman–Crippen LogP) is 5.76. The van der Waals surface area contributed by atoms with Gasteiger partial charge in [0.15, 0.2) is 5.43 Å². The first-order valence-electron chi connectivity index (χ1n) is 10.7. The van der Waals surface area contributed by atoms with Gasteiger partial charge in [-0.05, 0) is 72.6 Å². The van der Waals surface area contributed by atoms with E-state index in [-0.39, 0.29) is 11.3 Å². The molecule has 1 amide bonds. The number of fused-ring (bicyclic) bond motifs is 1. The SMILES string of the molecule is COc1ccc2oc(-c3ccc(NC(=O)c4ccc(OCC(C)C)cc4)cc3)cc(=O)c2c1. The Balaban J connectivity index is 1.47. The largest absolute Gasteiger partial charge is 0.497 e. The summed E-state index contributed by atoms with van der Waals surface area (Å²) in [5, 5.41) is 3.34. The topological polar surface area (TPSA) is 77.8 Å². The van der Waals surface area contributed by atoms with Crippen LogP contribution < -0.4 is 20.2 Å². The molecule has 0 radical (unpaired) electrons. The number of ether oxygens (including phenoxy) is 2. The second-order valence-corrected chi connectivity index (χ2v) is 8.10. The lowest BCUT2D eigenvalue weighted by atomic mass is 10.1. The van der Waals surface area contributed by atoms with Crippen LogP contribution in [-0.2, 0) is 0 Å². The summed E-state index contributed by atoms with van der Waals surface area (Å²) >= 11 is 0. The minimum absolute atomic E-state index is 0.150. The molecule has 1 heterocycles. The highest BCUT2D eigenvalue weighted by atomic mass is 16.5. The maximum absolute atomic E-state index is 12.6. The molecule has 0 bridgehead atoms. The molecule has 0 fully saturated rings. The maximum atomic E-state index is 12.6. The zero-order chi connectivity index (χ0) is 23.4. The Morgan fingerprint density at radius 3 is 2.30 bits per heavy atom. The van der Waals surface area contributed by atoms with E-state index in [2.05, 4.69) is 19.2 Å². The molecular weight excluding hydrogens is 418 g/mol. The quantitative estimate of drug-likeness (QED) is 0.393. The number of nitrogens with one attached hydrogen (secondary N) is 1. The van der Waals surface area contributed by atoms with E-state index in [9.17, 15) is 9.59 Å². The van der Waals surface area contributed by atoms with Gasteiger partial charge in [0.1, 0.15) is 22.8 Å². The van der Waals surface area contributed by atoms with Crippen LogP contribution in [0.4, 0.5) is 5.69 Å². The van der Waals surface area contributed by atoms with Crippen molar-refractivity contribution in [1.29, 1.82) is 0 Å². The van der Waals surface area contributed by atoms with Gasteiger partial charge in [0.2, 0.25) is 0 Å². The molecule has 0 saturated heterocycles. The molecule has 1 N–H and O–H groups in total. The molecule has 0 unspecified atom stereocenters. The summed E-state index contributed by atoms with van der Waals surface area (Å²) in [6.07, 6.45) is 0. The van der Waals surface area contributed by atoms with E-state index in [1.807, 2.05) is 0 Å². The summed E-state index contributed by atoms with van der Waals surface area (Å²) in [5.74, 6) is 2.00. The fourth-order valence-corrected chi connectivity index (χ4v) is 3.29. The van der Waals surface area contributed by atoms with Gasteiger partial charge >= 0.3 is 0 Å². The first-order chi connectivity index (χ1) is 15.9. The second-order valence-electron chi connectivity index (χ2n) is 8.10. The Hall–Kier alpha value is -4.06. The molecular formula is C27H25NO5. The summed E-state index contributed by atoms with van der Waals surface area (Å²) in [5.41, 5.74) is 2.23. The van der Waals surface area contributed by atoms with E-state index in [4.69, 9.17) is 13.9 Å². The highest BCUT2D eigenvalue weighted by Crippen LogP contribution is 2.26. The minimum Gasteiger partial charge on any atom is -0.497 e. The van der Waals surface area contributed by atoms with Crippen LogP contribution in [-0.4, -0.2) is 19.6 Å². The Kier molecular flexibility index (Phi) is 6.45. The van der Waals surface area contributed by atoms with Gasteiger partial charge in [-0.25, -0.2) is 0 Å². The van der Waals surface area contributed by atoms with Gasteiger partial charge in [-0.1, -0.05) is 13.8 Å². The molecule has 6 heteroatoms. The average molecular weight is 443 g/mol. The number of benzene rings is 3. The zero-order valence-electron chi connectivity index (χ0n) is 18.8. The van der Waals surface area contributed by atoms with Gasteiger partial charge in [0.05, 0.1) is 19.1 Å². The molecule has 168 valence electrons. The number of carbonyl (C=O) groups is 1. The van der Waals surface area contributed by atoms with Crippen molar-refractivity contribution in [3.63, 3.8) is 0 Å². The molecule has 0 atom stereocenters. The molecule has 0 saturated carbocycles. The van der Waals surface area contributed by atoms with Gasteiger partial charge in [0, 0.05) is 22.9 Å². The summed E-state index contributed by atoms with van der Waals surface area (Å²) in [6, 6.07) is 20.8. The van der Waals surface area contributed by atoms with Gasteiger partial charge in [-0.2, -0.15) is 0 Å². The van der Waals surface area contributed by atoms with E-state index in [1.54, 1.807) is 73.8 Å². The number of amides is 1. The molecule has 4 aromatic rings. The van der Waals surface area contributed by atoms with Gasteiger partial charge < -0.3 is 19.2 Å². The first kappa shape index (κ1) is 22.1. The van der Waals surface area contributed by atoms with Crippen LogP contribution in [0.3, 0.4) is 0 Å². The molecule has 0 spiro atoms. The number of methoxy groups -OCH3 is 1. The Bertz CT molecular complexity index is 1320. The average Bonchev–Trinajstić information content (AvgIpc) is 2.83. The fraction of sp³-hybridized carbons (Fsp3) is 0.185. The highest BCUT2D eigenvalue weighted by Gasteiger charge is 2.10. The predicted molar refractivity (Wildman–Crippen MR) is 129 cm³/mol. The van der Waals surface area contributed by atoms with Crippen molar-refractivity contribution in [2.45, 2.75) is 13.8 Å². The molecule has 4 rings (SSSR count). The van der Waals surface area contributed by atoms with Crippen LogP contribution in [0.25, 0.3) is 22.3 Å². The lowest BCUT2D eigenvalue weighted by molar-refractivity contribution is 0.102. The van der Waals surface area contributed by atoms with E-state index in [0.29, 0.717) is 46.3 Å². The van der Waals surface area contributed by atoms with Gasteiger partial charge in [-0.3, -0.25) is 9.59 Å². The number of anilines is 1. The van der Waals surface area contributed by atoms with E-state index in [0.717, 1.165) is 11.3 Å². The molecule has 6 nitrogen and oxygen atoms in total. The zero-order valence-corrected chi connectivity index (χ0v) is 18.8. The van der Waals surface area contributed by atoms with Crippen LogP contribution in [0.1, 0.15) is 24.2 Å². The van der Waals surface area contributed by atoms with Crippen LogP contribution in [0.15, 0.2) is 82.0 Å². The minimum atomic E-state index is -0.218. The van der Waals surface area contributed by atoms with Crippen molar-refractivity contribution in [3.05, 3.63) is 88.6 Å². The molecule has 0 aliphatic carbocycles. The van der Waals surface area contributed by atoms with Crippen molar-refractivity contribution < 1.29 is 18.7 Å². The lowest BCUT2D eigenvalue weighted by Gasteiger charge is -2.10. The van der Waals surface area contributed by atoms with Crippen LogP contribution in [0.2, 0.25) is 0 Å². The standard InChI is InChI=1S/C27H25NO5/c1-17(2)16-32-21-10-6-19(7-11-21)27(30)28-20-8-4-18(5-9-20)26-15-24(29)23-14-22(31-3)12-13-25(23)33-26/h4-15,17H,16H2,1-3H3,(H,28,30). The first-order valence-corrected chi connectivity index (χ1v) is 10.7. The fourth-order valence-electron chi connectivity index (χ4n) is 3.29. The molecule has 0 aliphatic rings. The maximum Gasteiger partial charge on any atom is 0.255 e. The molecule has 1 aromatic heterocycles. The third kappa shape index (κ3) is 5.23.